The van der Waals surface area contributed by atoms with Crippen molar-refractivity contribution in [2.75, 3.05) is 12.4 Å². The van der Waals surface area contributed by atoms with E-state index >= 15 is 0 Å². The van der Waals surface area contributed by atoms with Gasteiger partial charge in [0.05, 0.1) is 7.11 Å². The molecule has 0 spiro atoms. The monoisotopic (exact) mass is 395 g/mol. The van der Waals surface area contributed by atoms with Crippen LogP contribution in [-0.4, -0.2) is 33.1 Å². The molecule has 1 atom stereocenters. The molecule has 7 nitrogen and oxygen atoms in total. The number of methoxy groups -OCH3 is 1. The van der Waals surface area contributed by atoms with Crippen LogP contribution in [0.3, 0.4) is 0 Å². The molecule has 28 heavy (non-hydrogen) atoms. The van der Waals surface area contributed by atoms with Gasteiger partial charge < -0.3 is 10.1 Å². The normalized spacial score (nSPS) is 15.8. The maximum atomic E-state index is 13.3. The average Bonchev–Trinajstić information content (AvgIpc) is 3.16. The second-order valence-corrected chi connectivity index (χ2v) is 6.95. The van der Waals surface area contributed by atoms with Gasteiger partial charge in [0.25, 0.3) is 0 Å². The van der Waals surface area contributed by atoms with E-state index < -0.39 is 6.04 Å². The molecule has 1 aliphatic rings. The molecule has 3 aromatic rings. The quantitative estimate of drug-likeness (QED) is 0.712. The number of ether oxygens (including phenoxy) is 1. The van der Waals surface area contributed by atoms with E-state index in [1.54, 1.807) is 23.9 Å². The summed E-state index contributed by atoms with van der Waals surface area (Å²) >= 11 is 5.95. The Labute approximate surface area is 167 Å². The van der Waals surface area contributed by atoms with E-state index in [4.69, 9.17) is 16.3 Å². The highest BCUT2D eigenvalue weighted by Crippen LogP contribution is 2.35. The summed E-state index contributed by atoms with van der Waals surface area (Å²) in [5.74, 6) is 1.24. The number of anilines is 1. The fourth-order valence-corrected chi connectivity index (χ4v) is 3.48. The summed E-state index contributed by atoms with van der Waals surface area (Å²) in [6.07, 6.45) is 0.260. The van der Waals surface area contributed by atoms with E-state index in [1.807, 2.05) is 43.3 Å². The van der Waals surface area contributed by atoms with Crippen LogP contribution in [0.2, 0.25) is 5.02 Å². The lowest BCUT2D eigenvalue weighted by atomic mass is 9.90. The Hall–Kier alpha value is -3.19. The van der Waals surface area contributed by atoms with Crippen molar-refractivity contribution < 1.29 is 9.53 Å². The standard InChI is InChI=1S/C20H18ClN5O2/c1-12-18(17(27)11-13-3-7-15(21)8-4-13)19(26-20(22-12)23-24-25-26)14-5-9-16(28-2)10-6-14/h3-10,19H,11H2,1-2H3,(H,22,23,25)/t19-/m0/s1. The van der Waals surface area contributed by atoms with Crippen LogP contribution in [0.5, 0.6) is 5.75 Å². The first-order valence-corrected chi connectivity index (χ1v) is 9.12. The van der Waals surface area contributed by atoms with Crippen LogP contribution in [0.4, 0.5) is 5.95 Å². The maximum absolute atomic E-state index is 13.3. The Bertz CT molecular complexity index is 1040. The number of tetrazole rings is 1. The highest BCUT2D eigenvalue weighted by atomic mass is 35.5. The van der Waals surface area contributed by atoms with Gasteiger partial charge in [0.15, 0.2) is 5.78 Å². The first-order valence-electron chi connectivity index (χ1n) is 8.74. The summed E-state index contributed by atoms with van der Waals surface area (Å²) in [4.78, 5) is 13.3. The number of Topliss-reactive ketones (excluding diaryl/α,β-unsaturated/α-hetero) is 1. The summed E-state index contributed by atoms with van der Waals surface area (Å²) < 4.78 is 6.87. The lowest BCUT2D eigenvalue weighted by Gasteiger charge is -2.28. The number of halogens is 1. The second kappa shape index (κ2) is 7.44. The maximum Gasteiger partial charge on any atom is 0.248 e. The molecule has 142 valence electrons. The number of nitrogens with one attached hydrogen (secondary N) is 1. The first-order chi connectivity index (χ1) is 13.6. The molecule has 0 fully saturated rings. The van der Waals surface area contributed by atoms with Crippen LogP contribution >= 0.6 is 11.6 Å². The molecule has 1 aliphatic heterocycles. The Morgan fingerprint density at radius 1 is 1.18 bits per heavy atom. The lowest BCUT2D eigenvalue weighted by molar-refractivity contribution is -0.115. The van der Waals surface area contributed by atoms with Crippen LogP contribution in [0.15, 0.2) is 59.8 Å². The largest absolute Gasteiger partial charge is 0.497 e. The molecule has 0 unspecified atom stereocenters. The molecular weight excluding hydrogens is 378 g/mol. The smallest absolute Gasteiger partial charge is 0.248 e. The number of hydrogen-bond acceptors (Lipinski definition) is 6. The van der Waals surface area contributed by atoms with Gasteiger partial charge in [0.2, 0.25) is 5.95 Å². The molecule has 4 rings (SSSR count). The fourth-order valence-electron chi connectivity index (χ4n) is 3.35. The molecule has 0 saturated carbocycles. The minimum absolute atomic E-state index is 0.00529. The minimum Gasteiger partial charge on any atom is -0.497 e. The summed E-state index contributed by atoms with van der Waals surface area (Å²) in [5, 5.41) is 15.6. The molecule has 2 heterocycles. The molecule has 1 N–H and O–H groups in total. The Balaban J connectivity index is 1.73. The summed E-state index contributed by atoms with van der Waals surface area (Å²) in [5.41, 5.74) is 3.15. The average molecular weight is 396 g/mol. The summed E-state index contributed by atoms with van der Waals surface area (Å²) in [6, 6.07) is 14.4. The van der Waals surface area contributed by atoms with Crippen molar-refractivity contribution >= 4 is 23.3 Å². The van der Waals surface area contributed by atoms with Gasteiger partial charge in [-0.15, -0.1) is 0 Å². The van der Waals surface area contributed by atoms with Crippen LogP contribution in [0.25, 0.3) is 0 Å². The van der Waals surface area contributed by atoms with E-state index in [9.17, 15) is 4.79 Å². The summed E-state index contributed by atoms with van der Waals surface area (Å²) in [6.45, 7) is 1.86. The number of carbonyl (C=O) groups is 1. The van der Waals surface area contributed by atoms with E-state index in [0.717, 1.165) is 22.6 Å². The number of allylic oxidation sites excluding steroid dienone is 2. The van der Waals surface area contributed by atoms with Crippen molar-refractivity contribution in [3.05, 3.63) is 76.0 Å². The molecule has 0 aliphatic carbocycles. The fraction of sp³-hybridized carbons (Fsp3) is 0.200. The lowest BCUT2D eigenvalue weighted by Crippen LogP contribution is -2.29. The predicted molar refractivity (Wildman–Crippen MR) is 105 cm³/mol. The SMILES string of the molecule is COc1ccc([C@H]2C(C(=O)Cc3ccc(Cl)cc3)=C(C)Nc3nnnn32)cc1. The van der Waals surface area contributed by atoms with E-state index in [-0.39, 0.29) is 12.2 Å². The third-order valence-electron chi connectivity index (χ3n) is 4.72. The Morgan fingerprint density at radius 2 is 1.89 bits per heavy atom. The van der Waals surface area contributed by atoms with Crippen molar-refractivity contribution in [1.29, 1.82) is 0 Å². The topological polar surface area (TPSA) is 81.9 Å². The number of ketones is 1. The zero-order valence-corrected chi connectivity index (χ0v) is 16.1. The van der Waals surface area contributed by atoms with Gasteiger partial charge >= 0.3 is 0 Å². The van der Waals surface area contributed by atoms with E-state index in [2.05, 4.69) is 20.8 Å². The minimum atomic E-state index is -0.419. The number of fused-ring (bicyclic) bond motifs is 1. The zero-order valence-electron chi connectivity index (χ0n) is 15.4. The van der Waals surface area contributed by atoms with E-state index in [1.165, 1.54) is 0 Å². The van der Waals surface area contributed by atoms with Crippen LogP contribution in [0.1, 0.15) is 24.1 Å². The number of carbonyl (C=O) groups excluding carboxylic acids is 1. The molecule has 1 aromatic heterocycles. The number of benzene rings is 2. The van der Waals surface area contributed by atoms with Gasteiger partial charge in [-0.2, -0.15) is 4.68 Å². The number of aromatic nitrogens is 4. The zero-order chi connectivity index (χ0) is 19.7. The highest BCUT2D eigenvalue weighted by molar-refractivity contribution is 6.30. The first kappa shape index (κ1) is 18.2. The van der Waals surface area contributed by atoms with Gasteiger partial charge in [-0.1, -0.05) is 41.0 Å². The van der Waals surface area contributed by atoms with Crippen molar-refractivity contribution in [1.82, 2.24) is 20.2 Å². The van der Waals surface area contributed by atoms with Crippen LogP contribution in [-0.2, 0) is 11.2 Å². The van der Waals surface area contributed by atoms with Gasteiger partial charge in [0.1, 0.15) is 11.8 Å². The van der Waals surface area contributed by atoms with Crippen molar-refractivity contribution in [3.63, 3.8) is 0 Å². The third-order valence-corrected chi connectivity index (χ3v) is 4.98. The molecule has 0 radical (unpaired) electrons. The van der Waals surface area contributed by atoms with Gasteiger partial charge in [-0.25, -0.2) is 0 Å². The van der Waals surface area contributed by atoms with Gasteiger partial charge in [-0.05, 0) is 52.7 Å². The number of nitrogens with zero attached hydrogens (tertiary/aromatic N) is 4. The molecule has 8 heteroatoms. The van der Waals surface area contributed by atoms with Crippen LogP contribution < -0.4 is 10.1 Å². The molecular formula is C20H18ClN5O2. The highest BCUT2D eigenvalue weighted by Gasteiger charge is 2.33. The molecule has 2 aromatic carbocycles. The second-order valence-electron chi connectivity index (χ2n) is 6.51. The number of hydrogen-bond donors (Lipinski definition) is 1. The predicted octanol–water partition coefficient (Wildman–Crippen LogP) is 3.44. The Kier molecular flexibility index (Phi) is 4.83. The number of rotatable bonds is 5. The van der Waals surface area contributed by atoms with Gasteiger partial charge in [0, 0.05) is 22.7 Å². The molecule has 0 bridgehead atoms. The molecule has 0 amide bonds. The van der Waals surface area contributed by atoms with Crippen molar-refractivity contribution in [2.45, 2.75) is 19.4 Å². The third kappa shape index (κ3) is 3.36. The van der Waals surface area contributed by atoms with Crippen LogP contribution in [0, 0.1) is 0 Å². The molecule has 0 saturated heterocycles. The van der Waals surface area contributed by atoms with Gasteiger partial charge in [-0.3, -0.25) is 4.79 Å². The Morgan fingerprint density at radius 3 is 2.57 bits per heavy atom. The van der Waals surface area contributed by atoms with E-state index in [0.29, 0.717) is 16.5 Å². The van der Waals surface area contributed by atoms with Crippen molar-refractivity contribution in [2.24, 2.45) is 0 Å². The summed E-state index contributed by atoms with van der Waals surface area (Å²) in [7, 11) is 1.62. The van der Waals surface area contributed by atoms with Crippen molar-refractivity contribution in [3.8, 4) is 5.75 Å².